The van der Waals surface area contributed by atoms with Crippen LogP contribution in [0.25, 0.3) is 0 Å². The Kier molecular flexibility index (Phi) is 7.32. The Morgan fingerprint density at radius 1 is 1.03 bits per heavy atom. The molecule has 1 aliphatic rings. The van der Waals surface area contributed by atoms with E-state index >= 15 is 0 Å². The van der Waals surface area contributed by atoms with Gasteiger partial charge in [0.15, 0.2) is 0 Å². The second-order valence-electron chi connectivity index (χ2n) is 7.92. The molecule has 12 heteroatoms. The lowest BCUT2D eigenvalue weighted by atomic mass is 10.1. The van der Waals surface area contributed by atoms with Crippen molar-refractivity contribution in [2.75, 3.05) is 61.6 Å². The Morgan fingerprint density at radius 3 is 2.30 bits per heavy atom. The molecule has 33 heavy (non-hydrogen) atoms. The Balaban J connectivity index is 2.00. The number of amides is 1. The topological polar surface area (TPSA) is 125 Å². The molecule has 0 aromatic heterocycles. The molecule has 2 N–H and O–H groups in total. The molecule has 0 atom stereocenters. The van der Waals surface area contributed by atoms with Crippen molar-refractivity contribution in [1.82, 2.24) is 4.31 Å². The largest absolute Gasteiger partial charge is 0.378 e. The first-order valence-electron chi connectivity index (χ1n) is 10.2. The summed E-state index contributed by atoms with van der Waals surface area (Å²) in [5.41, 5.74) is 2.18. The maximum atomic E-state index is 13.3. The Hall–Kier alpha value is -2.67. The predicted octanol–water partition coefficient (Wildman–Crippen LogP) is 1.71. The lowest BCUT2D eigenvalue weighted by Crippen LogP contribution is -2.37. The average Bonchev–Trinajstić information content (AvgIpc) is 2.75. The molecular weight excluding hydrogens is 468 g/mol. The third kappa shape index (κ3) is 6.02. The molecule has 1 aliphatic heterocycles. The fourth-order valence-corrected chi connectivity index (χ4v) is 4.90. The molecule has 2 aromatic rings. The highest BCUT2D eigenvalue weighted by Crippen LogP contribution is 2.28. The van der Waals surface area contributed by atoms with Crippen LogP contribution in [0.4, 0.5) is 17.1 Å². The zero-order chi connectivity index (χ0) is 24.4. The first-order chi connectivity index (χ1) is 15.4. The van der Waals surface area contributed by atoms with Gasteiger partial charge in [-0.3, -0.25) is 9.52 Å². The summed E-state index contributed by atoms with van der Waals surface area (Å²) in [7, 11) is -4.41. The number of aryl methyl sites for hydroxylation is 1. The molecule has 1 heterocycles. The summed E-state index contributed by atoms with van der Waals surface area (Å²) in [5, 5.41) is 2.76. The number of nitrogens with one attached hydrogen (secondary N) is 2. The summed E-state index contributed by atoms with van der Waals surface area (Å²) in [6.07, 6.45) is 1.04. The molecule has 0 bridgehead atoms. The fourth-order valence-electron chi connectivity index (χ4n) is 3.36. The van der Waals surface area contributed by atoms with E-state index in [0.717, 1.165) is 10.6 Å². The maximum absolute atomic E-state index is 13.3. The van der Waals surface area contributed by atoms with Crippen LogP contribution >= 0.6 is 0 Å². The number of carbonyl (C=O) groups excluding carboxylic acids is 1. The first kappa shape index (κ1) is 25.0. The monoisotopic (exact) mass is 496 g/mol. The van der Waals surface area contributed by atoms with Crippen molar-refractivity contribution in [2.24, 2.45) is 0 Å². The number of morpholine rings is 1. The molecule has 1 saturated heterocycles. The third-order valence-electron chi connectivity index (χ3n) is 5.13. The number of carbonyl (C=O) groups is 1. The number of anilines is 3. The minimum atomic E-state index is -3.75. The van der Waals surface area contributed by atoms with Crippen molar-refractivity contribution in [1.29, 1.82) is 0 Å². The van der Waals surface area contributed by atoms with Crippen LogP contribution in [0.5, 0.6) is 0 Å². The second kappa shape index (κ2) is 9.67. The summed E-state index contributed by atoms with van der Waals surface area (Å²) in [6, 6.07) is 9.32. The highest BCUT2D eigenvalue weighted by molar-refractivity contribution is 7.92. The number of benzene rings is 2. The van der Waals surface area contributed by atoms with Gasteiger partial charge in [-0.2, -0.15) is 0 Å². The predicted molar refractivity (Wildman–Crippen MR) is 128 cm³/mol. The van der Waals surface area contributed by atoms with Gasteiger partial charge in [-0.1, -0.05) is 6.07 Å². The Bertz CT molecular complexity index is 1250. The third-order valence-corrected chi connectivity index (χ3v) is 7.54. The zero-order valence-electron chi connectivity index (χ0n) is 19.0. The number of ether oxygens (including phenoxy) is 1. The van der Waals surface area contributed by atoms with Crippen molar-refractivity contribution < 1.29 is 26.4 Å². The van der Waals surface area contributed by atoms with E-state index in [9.17, 15) is 21.6 Å². The zero-order valence-corrected chi connectivity index (χ0v) is 20.6. The van der Waals surface area contributed by atoms with Crippen LogP contribution in [0, 0.1) is 6.92 Å². The molecule has 180 valence electrons. The van der Waals surface area contributed by atoms with Gasteiger partial charge in [-0.15, -0.1) is 0 Å². The average molecular weight is 497 g/mol. The standard InChI is InChI=1S/C21H28N4O6S2/c1-15-5-6-16(13-19(15)23-32(4,27)28)22-21(26)18-14-17(33(29,30)24(2)3)7-8-20(18)25-9-11-31-12-10-25/h5-8,13-14,23H,9-12H2,1-4H3,(H,22,26). The van der Waals surface area contributed by atoms with E-state index in [-0.39, 0.29) is 10.5 Å². The van der Waals surface area contributed by atoms with Gasteiger partial charge in [0.25, 0.3) is 5.91 Å². The molecule has 1 fully saturated rings. The molecule has 0 aliphatic carbocycles. The highest BCUT2D eigenvalue weighted by atomic mass is 32.2. The smallest absolute Gasteiger partial charge is 0.257 e. The Labute approximate surface area is 194 Å². The summed E-state index contributed by atoms with van der Waals surface area (Å²) < 4.78 is 57.5. The van der Waals surface area contributed by atoms with E-state index < -0.39 is 26.0 Å². The second-order valence-corrected chi connectivity index (χ2v) is 11.8. The van der Waals surface area contributed by atoms with Crippen LogP contribution in [0.3, 0.4) is 0 Å². The quantitative estimate of drug-likeness (QED) is 0.598. The van der Waals surface area contributed by atoms with Crippen LogP contribution in [0.1, 0.15) is 15.9 Å². The van der Waals surface area contributed by atoms with Crippen molar-refractivity contribution in [3.63, 3.8) is 0 Å². The van der Waals surface area contributed by atoms with E-state index in [0.29, 0.717) is 48.9 Å². The molecular formula is C21H28N4O6S2. The minimum Gasteiger partial charge on any atom is -0.378 e. The molecule has 0 saturated carbocycles. The molecule has 2 aromatic carbocycles. The summed E-state index contributed by atoms with van der Waals surface area (Å²) in [4.78, 5) is 15.3. The molecule has 1 amide bonds. The lowest BCUT2D eigenvalue weighted by Gasteiger charge is -2.30. The van der Waals surface area contributed by atoms with E-state index in [1.807, 2.05) is 4.90 Å². The van der Waals surface area contributed by atoms with Crippen LogP contribution in [0.15, 0.2) is 41.3 Å². The van der Waals surface area contributed by atoms with E-state index in [2.05, 4.69) is 10.0 Å². The van der Waals surface area contributed by atoms with Crippen LogP contribution in [0.2, 0.25) is 0 Å². The summed E-state index contributed by atoms with van der Waals surface area (Å²) >= 11 is 0. The van der Waals surface area contributed by atoms with Crippen molar-refractivity contribution in [2.45, 2.75) is 11.8 Å². The van der Waals surface area contributed by atoms with Gasteiger partial charge in [0.05, 0.1) is 35.6 Å². The van der Waals surface area contributed by atoms with Gasteiger partial charge in [0.1, 0.15) is 0 Å². The molecule has 0 spiro atoms. The van der Waals surface area contributed by atoms with E-state index in [1.165, 1.54) is 32.3 Å². The fraction of sp³-hybridized carbons (Fsp3) is 0.381. The number of nitrogens with zero attached hydrogens (tertiary/aromatic N) is 2. The van der Waals surface area contributed by atoms with E-state index in [4.69, 9.17) is 4.74 Å². The molecule has 0 unspecified atom stereocenters. The van der Waals surface area contributed by atoms with Crippen molar-refractivity contribution in [3.05, 3.63) is 47.5 Å². The number of hydrogen-bond acceptors (Lipinski definition) is 7. The molecule has 10 nitrogen and oxygen atoms in total. The van der Waals surface area contributed by atoms with Gasteiger partial charge in [-0.25, -0.2) is 21.1 Å². The SMILES string of the molecule is Cc1ccc(NC(=O)c2cc(S(=O)(=O)N(C)C)ccc2N2CCOCC2)cc1NS(C)(=O)=O. The van der Waals surface area contributed by atoms with Gasteiger partial charge in [0.2, 0.25) is 20.0 Å². The van der Waals surface area contributed by atoms with Gasteiger partial charge < -0.3 is 15.0 Å². The number of sulfonamides is 2. The van der Waals surface area contributed by atoms with Crippen LogP contribution in [-0.2, 0) is 24.8 Å². The van der Waals surface area contributed by atoms with Gasteiger partial charge in [0, 0.05) is 38.6 Å². The summed E-state index contributed by atoms with van der Waals surface area (Å²) in [6.45, 7) is 3.86. The minimum absolute atomic E-state index is 0.00185. The normalized spacial score (nSPS) is 14.9. The first-order valence-corrected chi connectivity index (χ1v) is 13.5. The van der Waals surface area contributed by atoms with Crippen LogP contribution in [-0.4, -0.2) is 73.7 Å². The molecule has 3 rings (SSSR count). The summed E-state index contributed by atoms with van der Waals surface area (Å²) in [5.74, 6) is -0.513. The molecule has 0 radical (unpaired) electrons. The highest BCUT2D eigenvalue weighted by Gasteiger charge is 2.24. The van der Waals surface area contributed by atoms with Gasteiger partial charge in [-0.05, 0) is 42.8 Å². The number of rotatable bonds is 7. The Morgan fingerprint density at radius 2 is 1.70 bits per heavy atom. The maximum Gasteiger partial charge on any atom is 0.257 e. The lowest BCUT2D eigenvalue weighted by molar-refractivity contribution is 0.102. The van der Waals surface area contributed by atoms with Gasteiger partial charge >= 0.3 is 0 Å². The van der Waals surface area contributed by atoms with Crippen molar-refractivity contribution in [3.8, 4) is 0 Å². The van der Waals surface area contributed by atoms with Crippen molar-refractivity contribution >= 4 is 43.0 Å². The van der Waals surface area contributed by atoms with E-state index in [1.54, 1.807) is 25.1 Å². The number of hydrogen-bond donors (Lipinski definition) is 2. The van der Waals surface area contributed by atoms with Crippen LogP contribution < -0.4 is 14.9 Å².